The van der Waals surface area contributed by atoms with E-state index < -0.39 is 6.10 Å². The molecule has 0 aliphatic rings. The molecule has 0 unspecified atom stereocenters. The van der Waals surface area contributed by atoms with Crippen molar-refractivity contribution in [3.8, 4) is 0 Å². The van der Waals surface area contributed by atoms with E-state index in [1.54, 1.807) is 24.7 Å². The van der Waals surface area contributed by atoms with Crippen LogP contribution in [-0.2, 0) is 0 Å². The zero-order valence-electron chi connectivity index (χ0n) is 6.79. The first-order valence-electron chi connectivity index (χ1n) is 3.85. The van der Waals surface area contributed by atoms with Crippen LogP contribution in [0.25, 0.3) is 0 Å². The zero-order valence-corrected chi connectivity index (χ0v) is 7.61. The van der Waals surface area contributed by atoms with E-state index in [9.17, 15) is 5.11 Å². The summed E-state index contributed by atoms with van der Waals surface area (Å²) in [6.07, 6.45) is 4.36. The van der Waals surface area contributed by atoms with E-state index in [4.69, 9.17) is 0 Å². The van der Waals surface area contributed by atoms with Crippen LogP contribution in [0.2, 0.25) is 0 Å². The van der Waals surface area contributed by atoms with Crippen molar-refractivity contribution in [2.45, 2.75) is 6.10 Å². The van der Waals surface area contributed by atoms with Crippen molar-refractivity contribution in [2.24, 2.45) is 0 Å². The van der Waals surface area contributed by atoms with E-state index in [0.717, 1.165) is 5.56 Å². The molecule has 0 spiro atoms. The van der Waals surface area contributed by atoms with Crippen LogP contribution in [0.15, 0.2) is 36.1 Å². The van der Waals surface area contributed by atoms with Crippen molar-refractivity contribution in [2.75, 3.05) is 0 Å². The Kier molecular flexibility index (Phi) is 2.33. The number of rotatable bonds is 2. The molecule has 0 saturated carbocycles. The number of aliphatic hydroxyl groups excluding tert-OH is 1. The van der Waals surface area contributed by atoms with E-state index in [2.05, 4.69) is 9.97 Å². The third kappa shape index (κ3) is 1.74. The summed E-state index contributed by atoms with van der Waals surface area (Å²) in [5.74, 6) is 0. The molecule has 1 N–H and O–H groups in total. The second kappa shape index (κ2) is 3.64. The van der Waals surface area contributed by atoms with Gasteiger partial charge in [0.1, 0.15) is 11.1 Å². The lowest BCUT2D eigenvalue weighted by Gasteiger charge is -2.05. The Morgan fingerprint density at radius 3 is 2.92 bits per heavy atom. The zero-order chi connectivity index (χ0) is 9.10. The fourth-order valence-electron chi connectivity index (χ4n) is 1.05. The summed E-state index contributed by atoms with van der Waals surface area (Å²) in [6.45, 7) is 0. The van der Waals surface area contributed by atoms with Crippen molar-refractivity contribution in [1.29, 1.82) is 0 Å². The van der Waals surface area contributed by atoms with E-state index in [0.29, 0.717) is 5.01 Å². The Hall–Kier alpha value is -1.26. The van der Waals surface area contributed by atoms with Gasteiger partial charge in [-0.15, -0.1) is 11.3 Å². The summed E-state index contributed by atoms with van der Waals surface area (Å²) in [6, 6.07) is 3.63. The highest BCUT2D eigenvalue weighted by Crippen LogP contribution is 2.22. The molecule has 2 aromatic heterocycles. The van der Waals surface area contributed by atoms with E-state index in [1.807, 2.05) is 11.4 Å². The van der Waals surface area contributed by atoms with Gasteiger partial charge in [-0.05, 0) is 6.07 Å². The minimum atomic E-state index is -0.645. The topological polar surface area (TPSA) is 46.0 Å². The van der Waals surface area contributed by atoms with Gasteiger partial charge in [-0.1, -0.05) is 6.07 Å². The van der Waals surface area contributed by atoms with Crippen LogP contribution in [0.5, 0.6) is 0 Å². The van der Waals surface area contributed by atoms with Gasteiger partial charge in [0.2, 0.25) is 0 Å². The van der Waals surface area contributed by atoms with Crippen molar-refractivity contribution in [1.82, 2.24) is 9.97 Å². The van der Waals surface area contributed by atoms with Crippen LogP contribution in [0, 0.1) is 0 Å². The minimum Gasteiger partial charge on any atom is -0.381 e. The third-order valence-electron chi connectivity index (χ3n) is 1.69. The molecule has 13 heavy (non-hydrogen) atoms. The SMILES string of the molecule is O[C@H](c1cccnc1)c1nccs1. The highest BCUT2D eigenvalue weighted by molar-refractivity contribution is 7.09. The number of nitrogens with zero attached hydrogens (tertiary/aromatic N) is 2. The standard InChI is InChI=1S/C9H8N2OS/c12-8(9-11-4-5-13-9)7-2-1-3-10-6-7/h1-6,8,12H/t8-/m1/s1. The molecular weight excluding hydrogens is 184 g/mol. The van der Waals surface area contributed by atoms with E-state index in [-0.39, 0.29) is 0 Å². The molecule has 0 aromatic carbocycles. The molecule has 0 aliphatic carbocycles. The fraction of sp³-hybridized carbons (Fsp3) is 0.111. The van der Waals surface area contributed by atoms with Crippen LogP contribution < -0.4 is 0 Å². The van der Waals surface area contributed by atoms with Crippen LogP contribution in [-0.4, -0.2) is 15.1 Å². The molecule has 0 bridgehead atoms. The van der Waals surface area contributed by atoms with Gasteiger partial charge in [0.25, 0.3) is 0 Å². The summed E-state index contributed by atoms with van der Waals surface area (Å²) in [7, 11) is 0. The smallest absolute Gasteiger partial charge is 0.132 e. The second-order valence-electron chi connectivity index (χ2n) is 2.56. The second-order valence-corrected chi connectivity index (χ2v) is 3.49. The predicted molar refractivity (Wildman–Crippen MR) is 50.4 cm³/mol. The first kappa shape index (κ1) is 8.34. The summed E-state index contributed by atoms with van der Waals surface area (Å²) >= 11 is 1.44. The Bertz CT molecular complexity index is 360. The average Bonchev–Trinajstić information content (AvgIpc) is 2.71. The lowest BCUT2D eigenvalue weighted by atomic mass is 10.2. The molecular formula is C9H8N2OS. The Balaban J connectivity index is 2.29. The molecule has 66 valence electrons. The van der Waals surface area contributed by atoms with Gasteiger partial charge in [-0.3, -0.25) is 4.98 Å². The lowest BCUT2D eigenvalue weighted by Crippen LogP contribution is -1.98. The van der Waals surface area contributed by atoms with E-state index in [1.165, 1.54) is 11.3 Å². The van der Waals surface area contributed by atoms with Gasteiger partial charge in [0, 0.05) is 29.5 Å². The van der Waals surface area contributed by atoms with Gasteiger partial charge in [0.15, 0.2) is 0 Å². The molecule has 3 nitrogen and oxygen atoms in total. The summed E-state index contributed by atoms with van der Waals surface area (Å²) in [5.41, 5.74) is 0.775. The van der Waals surface area contributed by atoms with Gasteiger partial charge >= 0.3 is 0 Å². The molecule has 0 fully saturated rings. The Morgan fingerprint density at radius 1 is 1.38 bits per heavy atom. The summed E-state index contributed by atoms with van der Waals surface area (Å²) in [4.78, 5) is 7.97. The Labute approximate surface area is 79.7 Å². The number of hydrogen-bond acceptors (Lipinski definition) is 4. The molecule has 2 heterocycles. The molecule has 0 amide bonds. The highest BCUT2D eigenvalue weighted by Gasteiger charge is 2.11. The molecule has 1 atom stereocenters. The van der Waals surface area contributed by atoms with Crippen LogP contribution in [0.1, 0.15) is 16.7 Å². The number of aliphatic hydroxyl groups is 1. The molecule has 0 saturated heterocycles. The van der Waals surface area contributed by atoms with Gasteiger partial charge in [-0.2, -0.15) is 0 Å². The number of thiazole rings is 1. The lowest BCUT2D eigenvalue weighted by molar-refractivity contribution is 0.219. The minimum absolute atomic E-state index is 0.645. The van der Waals surface area contributed by atoms with Crippen LogP contribution in [0.3, 0.4) is 0 Å². The van der Waals surface area contributed by atoms with Crippen molar-refractivity contribution in [3.05, 3.63) is 46.7 Å². The summed E-state index contributed by atoms with van der Waals surface area (Å²) in [5, 5.41) is 12.3. The number of pyridine rings is 1. The molecule has 0 aliphatic heterocycles. The van der Waals surface area contributed by atoms with Crippen molar-refractivity contribution >= 4 is 11.3 Å². The average molecular weight is 192 g/mol. The third-order valence-corrected chi connectivity index (χ3v) is 2.51. The summed E-state index contributed by atoms with van der Waals surface area (Å²) < 4.78 is 0. The molecule has 4 heteroatoms. The quantitative estimate of drug-likeness (QED) is 0.786. The monoisotopic (exact) mass is 192 g/mol. The highest BCUT2D eigenvalue weighted by atomic mass is 32.1. The molecule has 2 rings (SSSR count). The largest absolute Gasteiger partial charge is 0.381 e. The van der Waals surface area contributed by atoms with Crippen LogP contribution >= 0.6 is 11.3 Å². The van der Waals surface area contributed by atoms with Gasteiger partial charge in [-0.25, -0.2) is 4.98 Å². The maximum absolute atomic E-state index is 9.79. The maximum Gasteiger partial charge on any atom is 0.132 e. The fourth-order valence-corrected chi connectivity index (χ4v) is 1.70. The Morgan fingerprint density at radius 2 is 2.31 bits per heavy atom. The number of aromatic nitrogens is 2. The molecule has 0 radical (unpaired) electrons. The first-order valence-corrected chi connectivity index (χ1v) is 4.73. The van der Waals surface area contributed by atoms with Gasteiger partial charge in [0.05, 0.1) is 0 Å². The normalized spacial score (nSPS) is 12.7. The predicted octanol–water partition coefficient (Wildman–Crippen LogP) is 1.62. The van der Waals surface area contributed by atoms with Gasteiger partial charge < -0.3 is 5.11 Å². The van der Waals surface area contributed by atoms with Crippen LogP contribution in [0.4, 0.5) is 0 Å². The number of hydrogen-bond donors (Lipinski definition) is 1. The first-order chi connectivity index (χ1) is 6.38. The van der Waals surface area contributed by atoms with Crippen molar-refractivity contribution < 1.29 is 5.11 Å². The molecule has 2 aromatic rings. The maximum atomic E-state index is 9.79. The van der Waals surface area contributed by atoms with Crippen molar-refractivity contribution in [3.63, 3.8) is 0 Å². The van der Waals surface area contributed by atoms with E-state index >= 15 is 0 Å².